The lowest BCUT2D eigenvalue weighted by Crippen LogP contribution is -2.50. The van der Waals surface area contributed by atoms with E-state index in [1.54, 1.807) is 51.6 Å². The van der Waals surface area contributed by atoms with Gasteiger partial charge < -0.3 is 40.3 Å². The van der Waals surface area contributed by atoms with Crippen molar-refractivity contribution >= 4 is 29.7 Å². The summed E-state index contributed by atoms with van der Waals surface area (Å²) in [7, 11) is 7.02. The van der Waals surface area contributed by atoms with Gasteiger partial charge in [-0.3, -0.25) is 43.6 Å². The first-order valence-electron chi connectivity index (χ1n) is 22.2. The fraction of sp³-hybridized carbons (Fsp3) is 0.565. The van der Waals surface area contributed by atoms with E-state index in [-0.39, 0.29) is 43.7 Å². The lowest BCUT2D eigenvalue weighted by Gasteiger charge is -2.33. The van der Waals surface area contributed by atoms with Crippen LogP contribution in [0.5, 0.6) is 11.5 Å². The zero-order chi connectivity index (χ0) is 47.6. The number of hydrogen-bond acceptors (Lipinski definition) is 13. The van der Waals surface area contributed by atoms with Gasteiger partial charge in [-0.1, -0.05) is 32.0 Å². The zero-order valence-electron chi connectivity index (χ0n) is 38.9. The van der Waals surface area contributed by atoms with Crippen LogP contribution in [0.1, 0.15) is 60.6 Å². The number of aromatic nitrogens is 2. The van der Waals surface area contributed by atoms with Crippen LogP contribution in [0.3, 0.4) is 0 Å². The number of benzene rings is 2. The minimum atomic E-state index is -1.01. The van der Waals surface area contributed by atoms with Gasteiger partial charge in [0.2, 0.25) is 5.91 Å². The standard InChI is InChI=1S/C46H69N9O10/c1-33(2)35-27-34(14-15-37(35)55-38(28-36(48-55)46(47)63)45-39(64-5)12-9-13-40(45)65-6)11-7-8-16-49(3)17-10-18-50(4)41(56)29-51-19-21-52(30-42(57)58)23-25-54(32-44(61)62)26-24-53(22-20-51)31-43(59)60/h9,12-15,27-28,33H,7-8,10-11,16-26,29-32H2,1-6H3,(H2,47,63)(H,57,58)(H,59,60)(H,61,62). The average Bonchev–Trinajstić information content (AvgIpc) is 3.70. The summed E-state index contributed by atoms with van der Waals surface area (Å²) >= 11 is 0. The molecule has 1 saturated heterocycles. The first kappa shape index (κ1) is 52.0. The average molecular weight is 908 g/mol. The second kappa shape index (κ2) is 25.8. The number of ether oxygens (including phenoxy) is 2. The van der Waals surface area contributed by atoms with E-state index in [4.69, 9.17) is 15.2 Å². The maximum absolute atomic E-state index is 13.5. The number of carboxylic acids is 3. The minimum absolute atomic E-state index is 0.0784. The third-order valence-electron chi connectivity index (χ3n) is 11.7. The van der Waals surface area contributed by atoms with Crippen LogP contribution in [-0.4, -0.2) is 211 Å². The molecule has 19 nitrogen and oxygen atoms in total. The maximum Gasteiger partial charge on any atom is 0.317 e. The summed E-state index contributed by atoms with van der Waals surface area (Å²) in [6.07, 6.45) is 3.61. The molecule has 19 heteroatoms. The van der Waals surface area contributed by atoms with Gasteiger partial charge in [0.15, 0.2) is 5.69 Å². The van der Waals surface area contributed by atoms with E-state index in [2.05, 4.69) is 43.0 Å². The number of carbonyl (C=O) groups excluding carboxylic acids is 2. The number of methoxy groups -OCH3 is 2. The van der Waals surface area contributed by atoms with Gasteiger partial charge in [0.25, 0.3) is 5.91 Å². The van der Waals surface area contributed by atoms with Crippen molar-refractivity contribution in [2.75, 3.05) is 126 Å². The van der Waals surface area contributed by atoms with E-state index in [0.717, 1.165) is 50.0 Å². The number of amides is 2. The number of aryl methyl sites for hydroxylation is 1. The quantitative estimate of drug-likeness (QED) is 0.100. The minimum Gasteiger partial charge on any atom is -0.496 e. The Labute approximate surface area is 382 Å². The van der Waals surface area contributed by atoms with Crippen molar-refractivity contribution in [3.05, 3.63) is 59.3 Å². The van der Waals surface area contributed by atoms with Gasteiger partial charge in [-0.2, -0.15) is 5.10 Å². The predicted molar refractivity (Wildman–Crippen MR) is 246 cm³/mol. The van der Waals surface area contributed by atoms with Crippen molar-refractivity contribution in [3.63, 3.8) is 0 Å². The summed E-state index contributed by atoms with van der Waals surface area (Å²) in [5.41, 5.74) is 10.2. The molecule has 4 rings (SSSR count). The van der Waals surface area contributed by atoms with Crippen molar-refractivity contribution < 1.29 is 48.8 Å². The van der Waals surface area contributed by atoms with Gasteiger partial charge in [-0.05, 0) is 87.1 Å². The van der Waals surface area contributed by atoms with Crippen LogP contribution in [-0.2, 0) is 25.6 Å². The van der Waals surface area contributed by atoms with Crippen LogP contribution >= 0.6 is 0 Å². The number of likely N-dealkylation sites (N-methyl/N-ethyl adjacent to an activating group) is 1. The molecule has 65 heavy (non-hydrogen) atoms. The number of carbonyl (C=O) groups is 5. The monoisotopic (exact) mass is 908 g/mol. The van der Waals surface area contributed by atoms with Gasteiger partial charge in [-0.25, -0.2) is 4.68 Å². The van der Waals surface area contributed by atoms with E-state index in [1.807, 2.05) is 29.2 Å². The van der Waals surface area contributed by atoms with Gasteiger partial charge in [0.05, 0.1) is 57.3 Å². The summed E-state index contributed by atoms with van der Waals surface area (Å²) in [6, 6.07) is 13.5. The molecule has 0 bridgehead atoms. The lowest BCUT2D eigenvalue weighted by molar-refractivity contribution is -0.140. The van der Waals surface area contributed by atoms with Crippen LogP contribution in [0.4, 0.5) is 0 Å². The molecule has 1 fully saturated rings. The number of unbranched alkanes of at least 4 members (excludes halogenated alkanes) is 1. The molecule has 0 saturated carbocycles. The Morgan fingerprint density at radius 3 is 1.65 bits per heavy atom. The summed E-state index contributed by atoms with van der Waals surface area (Å²) in [5.74, 6) is -2.42. The molecule has 0 spiro atoms. The van der Waals surface area contributed by atoms with Crippen molar-refractivity contribution in [3.8, 4) is 28.4 Å². The van der Waals surface area contributed by atoms with E-state index in [0.29, 0.717) is 81.7 Å². The molecule has 0 atom stereocenters. The normalized spacial score (nSPS) is 15.1. The highest BCUT2D eigenvalue weighted by Gasteiger charge is 2.25. The third kappa shape index (κ3) is 16.4. The predicted octanol–water partition coefficient (Wildman–Crippen LogP) is 2.36. The van der Waals surface area contributed by atoms with Crippen molar-refractivity contribution in [1.82, 2.24) is 39.2 Å². The smallest absolute Gasteiger partial charge is 0.317 e. The number of nitrogens with zero attached hydrogens (tertiary/aromatic N) is 8. The van der Waals surface area contributed by atoms with Crippen molar-refractivity contribution in [2.45, 2.75) is 45.4 Å². The molecule has 5 N–H and O–H groups in total. The summed E-state index contributed by atoms with van der Waals surface area (Å²) in [5, 5.41) is 33.1. The van der Waals surface area contributed by atoms with Crippen LogP contribution in [0.25, 0.3) is 16.9 Å². The molecule has 1 aliphatic heterocycles. The fourth-order valence-electron chi connectivity index (χ4n) is 8.00. The molecule has 1 aromatic heterocycles. The van der Waals surface area contributed by atoms with Crippen molar-refractivity contribution in [1.29, 1.82) is 0 Å². The van der Waals surface area contributed by atoms with Crippen LogP contribution < -0.4 is 15.2 Å². The zero-order valence-corrected chi connectivity index (χ0v) is 38.9. The Morgan fingerprint density at radius 1 is 0.692 bits per heavy atom. The summed E-state index contributed by atoms with van der Waals surface area (Å²) in [4.78, 5) is 71.7. The Bertz CT molecular complexity index is 2010. The van der Waals surface area contributed by atoms with E-state index >= 15 is 0 Å². The fourth-order valence-corrected chi connectivity index (χ4v) is 8.00. The van der Waals surface area contributed by atoms with Gasteiger partial charge in [-0.15, -0.1) is 0 Å². The van der Waals surface area contributed by atoms with E-state index in [1.165, 1.54) is 5.56 Å². The molecule has 0 unspecified atom stereocenters. The number of rotatable bonds is 23. The Hall–Kier alpha value is -5.60. The highest BCUT2D eigenvalue weighted by molar-refractivity contribution is 5.93. The van der Waals surface area contributed by atoms with Crippen LogP contribution in [0, 0.1) is 0 Å². The van der Waals surface area contributed by atoms with E-state index < -0.39 is 23.8 Å². The molecular formula is C46H69N9O10. The number of carboxylic acid groups (broad SMARTS) is 3. The first-order valence-corrected chi connectivity index (χ1v) is 22.2. The number of aliphatic carboxylic acids is 3. The Kier molecular flexibility index (Phi) is 20.6. The van der Waals surface area contributed by atoms with E-state index in [9.17, 15) is 39.3 Å². The molecule has 3 aromatic rings. The largest absolute Gasteiger partial charge is 0.496 e. The second-order valence-electron chi connectivity index (χ2n) is 17.0. The first-order chi connectivity index (χ1) is 31.0. The third-order valence-corrected chi connectivity index (χ3v) is 11.7. The highest BCUT2D eigenvalue weighted by atomic mass is 16.5. The van der Waals surface area contributed by atoms with Gasteiger partial charge in [0.1, 0.15) is 11.5 Å². The van der Waals surface area contributed by atoms with Gasteiger partial charge in [0, 0.05) is 66.0 Å². The van der Waals surface area contributed by atoms with Crippen molar-refractivity contribution in [2.24, 2.45) is 5.73 Å². The molecule has 0 radical (unpaired) electrons. The van der Waals surface area contributed by atoms with Crippen LogP contribution in [0.15, 0.2) is 42.5 Å². The highest BCUT2D eigenvalue weighted by Crippen LogP contribution is 2.40. The Morgan fingerprint density at radius 2 is 1.18 bits per heavy atom. The number of hydrogen-bond donors (Lipinski definition) is 4. The molecule has 2 amide bonds. The summed E-state index contributed by atoms with van der Waals surface area (Å²) < 4.78 is 13.1. The van der Waals surface area contributed by atoms with Gasteiger partial charge >= 0.3 is 17.9 Å². The molecule has 0 aliphatic carbocycles. The molecular weight excluding hydrogens is 839 g/mol. The second-order valence-corrected chi connectivity index (χ2v) is 17.0. The Balaban J connectivity index is 1.30. The maximum atomic E-state index is 13.5. The molecule has 2 aromatic carbocycles. The number of primary amides is 1. The molecule has 2 heterocycles. The van der Waals surface area contributed by atoms with Crippen LogP contribution in [0.2, 0.25) is 0 Å². The topological polar surface area (TPSA) is 228 Å². The molecule has 1 aliphatic rings. The lowest BCUT2D eigenvalue weighted by atomic mass is 9.96. The number of nitrogens with two attached hydrogens (primary N) is 1. The SMILES string of the molecule is COc1cccc(OC)c1-c1cc(C(N)=O)nn1-c1ccc(CCCCN(C)CCCN(C)C(=O)CN2CCN(CC(=O)O)CCN(CC(=O)O)CCN(CC(=O)O)CC2)cc1C(C)C. The molecule has 358 valence electrons. The summed E-state index contributed by atoms with van der Waals surface area (Å²) in [6.45, 7) is 8.67.